The fraction of sp³-hybridized carbons (Fsp3) is 0.926. The van der Waals surface area contributed by atoms with E-state index in [9.17, 15) is 15.3 Å². The lowest BCUT2D eigenvalue weighted by Gasteiger charge is -2.21. The van der Waals surface area contributed by atoms with Crippen LogP contribution in [0.2, 0.25) is 0 Å². The molecule has 5 heteroatoms. The summed E-state index contributed by atoms with van der Waals surface area (Å²) in [6.07, 6.45) is 12.1. The van der Waals surface area contributed by atoms with E-state index in [2.05, 4.69) is 40.7 Å². The van der Waals surface area contributed by atoms with E-state index in [0.29, 0.717) is 6.61 Å². The van der Waals surface area contributed by atoms with Crippen molar-refractivity contribution in [3.8, 4) is 0 Å². The van der Waals surface area contributed by atoms with Crippen LogP contribution in [0.1, 0.15) is 105 Å². The Hall–Kier alpha value is -0.460. The molecule has 32 heavy (non-hydrogen) atoms. The number of hydrogen-bond acceptors (Lipinski definition) is 5. The molecule has 0 radical (unpaired) electrons. The normalized spacial score (nSPS) is 17.4. The van der Waals surface area contributed by atoms with Crippen molar-refractivity contribution in [1.29, 1.82) is 0 Å². The van der Waals surface area contributed by atoms with Crippen LogP contribution in [0.25, 0.3) is 0 Å². The lowest BCUT2D eigenvalue weighted by molar-refractivity contribution is -0.0996. The Morgan fingerprint density at radius 2 is 1.34 bits per heavy atom. The second-order valence-corrected chi connectivity index (χ2v) is 10.4. The van der Waals surface area contributed by atoms with Gasteiger partial charge in [0.1, 0.15) is 18.3 Å². The van der Waals surface area contributed by atoms with Crippen molar-refractivity contribution >= 4 is 0 Å². The maximum atomic E-state index is 9.68. The van der Waals surface area contributed by atoms with Gasteiger partial charge in [-0.05, 0) is 50.4 Å². The van der Waals surface area contributed by atoms with Crippen LogP contribution in [-0.2, 0) is 4.74 Å². The second-order valence-electron chi connectivity index (χ2n) is 10.4. The lowest BCUT2D eigenvalue weighted by Crippen LogP contribution is -2.41. The number of ether oxygens (including phenoxy) is 1. The summed E-state index contributed by atoms with van der Waals surface area (Å²) in [5.74, 6) is 2.52. The highest BCUT2D eigenvalue weighted by molar-refractivity contribution is 4.97. The molecular weight excluding hydrogens is 404 g/mol. The minimum absolute atomic E-state index is 0.0461. The van der Waals surface area contributed by atoms with Crippen LogP contribution in [0.4, 0.5) is 0 Å². The largest absolute Gasteiger partial charge is 0.394 e. The van der Waals surface area contributed by atoms with E-state index in [1.165, 1.54) is 56.9 Å². The minimum Gasteiger partial charge on any atom is -0.394 e. The molecule has 0 spiro atoms. The monoisotopic (exact) mass is 458 g/mol. The Morgan fingerprint density at radius 3 is 1.91 bits per heavy atom. The predicted octanol–water partition coefficient (Wildman–Crippen LogP) is 5.24. The minimum atomic E-state index is -1.39. The molecule has 0 saturated carbocycles. The Morgan fingerprint density at radius 1 is 0.781 bits per heavy atom. The molecule has 5 nitrogen and oxygen atoms in total. The third-order valence-corrected chi connectivity index (χ3v) is 6.39. The van der Waals surface area contributed by atoms with Crippen molar-refractivity contribution in [2.75, 3.05) is 19.8 Å². The van der Waals surface area contributed by atoms with E-state index < -0.39 is 24.9 Å². The molecular formula is C27H54O5. The molecule has 0 saturated heterocycles. The van der Waals surface area contributed by atoms with Crippen LogP contribution < -0.4 is 0 Å². The van der Waals surface area contributed by atoms with Gasteiger partial charge in [-0.25, -0.2) is 0 Å². The highest BCUT2D eigenvalue weighted by Gasteiger charge is 2.23. The first-order valence-corrected chi connectivity index (χ1v) is 13.1. The van der Waals surface area contributed by atoms with Crippen molar-refractivity contribution in [1.82, 2.24) is 0 Å². The van der Waals surface area contributed by atoms with E-state index >= 15 is 0 Å². The molecule has 0 rings (SSSR count). The van der Waals surface area contributed by atoms with Crippen LogP contribution in [-0.4, -0.2) is 58.6 Å². The fourth-order valence-corrected chi connectivity index (χ4v) is 4.01. The zero-order chi connectivity index (χ0) is 24.4. The predicted molar refractivity (Wildman–Crippen MR) is 134 cm³/mol. The van der Waals surface area contributed by atoms with Gasteiger partial charge in [-0.1, -0.05) is 84.3 Å². The van der Waals surface area contributed by atoms with Gasteiger partial charge in [-0.2, -0.15) is 0 Å². The molecule has 5 atom stereocenters. The number of allylic oxidation sites excluding steroid dienone is 2. The molecule has 4 N–H and O–H groups in total. The summed E-state index contributed by atoms with van der Waals surface area (Å²) in [6, 6.07) is 0. The molecule has 192 valence electrons. The first-order chi connectivity index (χ1) is 15.2. The van der Waals surface area contributed by atoms with E-state index in [1.54, 1.807) is 0 Å². The van der Waals surface area contributed by atoms with Crippen molar-refractivity contribution in [2.45, 2.75) is 124 Å². The zero-order valence-corrected chi connectivity index (χ0v) is 21.6. The molecule has 0 heterocycles. The van der Waals surface area contributed by atoms with Crippen molar-refractivity contribution < 1.29 is 25.2 Å². The first kappa shape index (κ1) is 31.5. The molecule has 0 aromatic carbocycles. The van der Waals surface area contributed by atoms with Crippen molar-refractivity contribution in [3.05, 3.63) is 11.6 Å². The summed E-state index contributed by atoms with van der Waals surface area (Å²) < 4.78 is 5.36. The van der Waals surface area contributed by atoms with Gasteiger partial charge in [0, 0.05) is 6.61 Å². The summed E-state index contributed by atoms with van der Waals surface area (Å²) in [5.41, 5.74) is 1.43. The van der Waals surface area contributed by atoms with Gasteiger partial charge in [0.2, 0.25) is 0 Å². The van der Waals surface area contributed by atoms with E-state index in [-0.39, 0.29) is 6.61 Å². The van der Waals surface area contributed by atoms with Gasteiger partial charge >= 0.3 is 0 Å². The van der Waals surface area contributed by atoms with Gasteiger partial charge in [-0.15, -0.1) is 0 Å². The van der Waals surface area contributed by atoms with Gasteiger partial charge in [0.05, 0.1) is 13.2 Å². The molecule has 0 bridgehead atoms. The maximum absolute atomic E-state index is 9.68. The lowest BCUT2D eigenvalue weighted by atomic mass is 9.91. The van der Waals surface area contributed by atoms with Gasteiger partial charge in [-0.3, -0.25) is 0 Å². The van der Waals surface area contributed by atoms with Crippen LogP contribution in [0, 0.1) is 17.8 Å². The molecule has 0 fully saturated rings. The SMILES string of the molecule is C/C(=C\CCCOC[C@H](O)[C@@H](O)[C@H](O)CO)CCCC(C)CCCC(C)CCCC(C)C. The summed E-state index contributed by atoms with van der Waals surface area (Å²) in [6.45, 7) is 11.5. The number of rotatable bonds is 21. The fourth-order valence-electron chi connectivity index (χ4n) is 4.01. The second kappa shape index (κ2) is 20.0. The van der Waals surface area contributed by atoms with Gasteiger partial charge in [0.25, 0.3) is 0 Å². The molecule has 0 amide bonds. The van der Waals surface area contributed by atoms with Crippen LogP contribution >= 0.6 is 0 Å². The zero-order valence-electron chi connectivity index (χ0n) is 21.6. The van der Waals surface area contributed by atoms with E-state index in [4.69, 9.17) is 9.84 Å². The Balaban J connectivity index is 3.71. The molecule has 0 aromatic rings. The number of unbranched alkanes of at least 4 members (excludes halogenated alkanes) is 1. The average Bonchev–Trinajstić information content (AvgIpc) is 2.74. The molecule has 0 aliphatic carbocycles. The van der Waals surface area contributed by atoms with Crippen LogP contribution in [0.3, 0.4) is 0 Å². The molecule has 0 aliphatic rings. The van der Waals surface area contributed by atoms with Crippen LogP contribution in [0.15, 0.2) is 11.6 Å². The third-order valence-electron chi connectivity index (χ3n) is 6.39. The van der Waals surface area contributed by atoms with E-state index in [1.807, 2.05) is 0 Å². The standard InChI is InChI=1S/C27H54O5/c1-21(2)11-8-13-23(4)15-10-17-24(5)16-9-14-22(3)12-6-7-18-32-20-26(30)27(31)25(29)19-28/h12,21,23-31H,6-11,13-20H2,1-5H3/b22-12+/t23?,24?,25-,26+,27+/m1/s1. The van der Waals surface area contributed by atoms with Crippen molar-refractivity contribution in [2.24, 2.45) is 17.8 Å². The maximum Gasteiger partial charge on any atom is 0.110 e. The highest BCUT2D eigenvalue weighted by Crippen LogP contribution is 2.22. The van der Waals surface area contributed by atoms with Crippen molar-refractivity contribution in [3.63, 3.8) is 0 Å². The number of hydrogen-bond donors (Lipinski definition) is 4. The van der Waals surface area contributed by atoms with Crippen LogP contribution in [0.5, 0.6) is 0 Å². The Kier molecular flexibility index (Phi) is 19.7. The summed E-state index contributed by atoms with van der Waals surface area (Å²) in [5, 5.41) is 37.3. The van der Waals surface area contributed by atoms with E-state index in [0.717, 1.165) is 37.0 Å². The smallest absolute Gasteiger partial charge is 0.110 e. The number of aliphatic hydroxyl groups is 4. The summed E-state index contributed by atoms with van der Waals surface area (Å²) in [7, 11) is 0. The third kappa shape index (κ3) is 18.0. The number of aliphatic hydroxyl groups excluding tert-OH is 4. The molecule has 2 unspecified atom stereocenters. The average molecular weight is 459 g/mol. The Bertz CT molecular complexity index is 451. The molecule has 0 aromatic heterocycles. The van der Waals surface area contributed by atoms with Gasteiger partial charge < -0.3 is 25.2 Å². The summed E-state index contributed by atoms with van der Waals surface area (Å²) >= 11 is 0. The highest BCUT2D eigenvalue weighted by atomic mass is 16.5. The summed E-state index contributed by atoms with van der Waals surface area (Å²) in [4.78, 5) is 0. The molecule has 0 aliphatic heterocycles. The quantitative estimate of drug-likeness (QED) is 0.139. The topological polar surface area (TPSA) is 90.2 Å². The first-order valence-electron chi connectivity index (χ1n) is 13.1. The Labute approximate surface area is 198 Å². The van der Waals surface area contributed by atoms with Gasteiger partial charge in [0.15, 0.2) is 0 Å².